The summed E-state index contributed by atoms with van der Waals surface area (Å²) in [6.07, 6.45) is 0. The molecule has 3 nitrogen and oxygen atoms in total. The van der Waals surface area contributed by atoms with Crippen molar-refractivity contribution in [2.75, 3.05) is 30.5 Å². The van der Waals surface area contributed by atoms with Crippen LogP contribution in [0.5, 0.6) is 0 Å². The average Bonchev–Trinajstić information content (AvgIpc) is 1.96. The molecular weight excluding hydrogens is 184 g/mol. The Morgan fingerprint density at radius 2 is 2.27 bits per heavy atom. The van der Waals surface area contributed by atoms with Crippen LogP contribution >= 0.6 is 11.8 Å². The quantitative estimate of drug-likeness (QED) is 0.444. The van der Waals surface area contributed by atoms with Crippen molar-refractivity contribution < 1.29 is 13.5 Å². The second-order valence-electron chi connectivity index (χ2n) is 1.82. The number of ether oxygens (including phenoxy) is 1. The fourth-order valence-electron chi connectivity index (χ4n) is 0.491. The van der Waals surface area contributed by atoms with Crippen molar-refractivity contribution in [1.82, 2.24) is 0 Å². The highest BCUT2D eigenvalue weighted by atomic mass is 32.2. The first-order chi connectivity index (χ1) is 5.27. The van der Waals surface area contributed by atoms with E-state index in [1.807, 2.05) is 0 Å². The van der Waals surface area contributed by atoms with Crippen LogP contribution in [0.1, 0.15) is 6.92 Å². The van der Waals surface area contributed by atoms with Crippen LogP contribution in [0.25, 0.3) is 0 Å². The van der Waals surface area contributed by atoms with Gasteiger partial charge in [0.05, 0.1) is 13.2 Å². The van der Waals surface area contributed by atoms with Gasteiger partial charge < -0.3 is 9.29 Å². The van der Waals surface area contributed by atoms with Crippen molar-refractivity contribution in [3.05, 3.63) is 0 Å². The summed E-state index contributed by atoms with van der Waals surface area (Å²) in [6, 6.07) is 0. The Labute approximate surface area is 74.2 Å². The minimum atomic E-state index is -1.95. The van der Waals surface area contributed by atoms with Gasteiger partial charge in [0.25, 0.3) is 0 Å². The summed E-state index contributed by atoms with van der Waals surface area (Å²) >= 11 is -0.167. The lowest BCUT2D eigenvalue weighted by Gasteiger charge is -2.05. The third-order valence-corrected chi connectivity index (χ3v) is 2.33. The first-order valence-corrected chi connectivity index (χ1v) is 5.88. The number of rotatable bonds is 7. The van der Waals surface area contributed by atoms with Crippen molar-refractivity contribution in [1.29, 1.82) is 0 Å². The zero-order valence-corrected chi connectivity index (χ0v) is 8.21. The minimum Gasteiger partial charge on any atom is -0.772 e. The first-order valence-electron chi connectivity index (χ1n) is 3.48. The van der Waals surface area contributed by atoms with Gasteiger partial charge in [-0.15, -0.1) is 0 Å². The summed E-state index contributed by atoms with van der Waals surface area (Å²) in [5, 5.41) is 0. The Balaban J connectivity index is 2.85. The molecule has 1 atom stereocenters. The molecular formula is C6H13O3S2-. The molecule has 0 aliphatic rings. The summed E-state index contributed by atoms with van der Waals surface area (Å²) < 4.78 is 25.0. The highest BCUT2D eigenvalue weighted by Gasteiger charge is 1.88. The fraction of sp³-hybridized carbons (Fsp3) is 1.00. The summed E-state index contributed by atoms with van der Waals surface area (Å²) in [5.74, 6) is 2.13. The summed E-state index contributed by atoms with van der Waals surface area (Å²) in [4.78, 5) is 0. The molecule has 0 aromatic rings. The van der Waals surface area contributed by atoms with Crippen LogP contribution in [0.4, 0.5) is 0 Å². The lowest BCUT2D eigenvalue weighted by Crippen LogP contribution is -2.07. The molecule has 0 aliphatic heterocycles. The molecule has 0 saturated heterocycles. The van der Waals surface area contributed by atoms with Crippen LogP contribution in [0, 0.1) is 0 Å². The third kappa shape index (κ3) is 10.4. The largest absolute Gasteiger partial charge is 0.772 e. The average molecular weight is 197 g/mol. The first kappa shape index (κ1) is 11.4. The van der Waals surface area contributed by atoms with E-state index in [0.29, 0.717) is 13.2 Å². The molecule has 1 unspecified atom stereocenters. The molecule has 0 amide bonds. The molecule has 0 rings (SSSR count). The number of hydrogen-bond donors (Lipinski definition) is 0. The normalized spacial score (nSPS) is 13.3. The molecule has 5 heteroatoms. The zero-order valence-electron chi connectivity index (χ0n) is 6.58. The highest BCUT2D eigenvalue weighted by Crippen LogP contribution is 1.96. The van der Waals surface area contributed by atoms with Gasteiger partial charge in [0.15, 0.2) is 0 Å². The predicted molar refractivity (Wildman–Crippen MR) is 47.6 cm³/mol. The fourth-order valence-corrected chi connectivity index (χ4v) is 1.27. The van der Waals surface area contributed by atoms with Crippen molar-refractivity contribution >= 4 is 22.8 Å². The van der Waals surface area contributed by atoms with Crippen molar-refractivity contribution in [3.8, 4) is 0 Å². The molecule has 68 valence electrons. The summed E-state index contributed by atoms with van der Waals surface area (Å²) in [7, 11) is 0. The van der Waals surface area contributed by atoms with E-state index in [4.69, 9.17) is 4.74 Å². The van der Waals surface area contributed by atoms with Gasteiger partial charge in [-0.2, -0.15) is 11.8 Å². The number of hydrogen-bond acceptors (Lipinski definition) is 4. The van der Waals surface area contributed by atoms with Gasteiger partial charge in [0.2, 0.25) is 0 Å². The lowest BCUT2D eigenvalue weighted by atomic mass is 10.8. The van der Waals surface area contributed by atoms with E-state index in [9.17, 15) is 8.76 Å². The van der Waals surface area contributed by atoms with Gasteiger partial charge in [-0.25, -0.2) is 0 Å². The molecule has 0 N–H and O–H groups in total. The van der Waals surface area contributed by atoms with E-state index in [2.05, 4.69) is 6.92 Å². The highest BCUT2D eigenvalue weighted by molar-refractivity contribution is 7.99. The van der Waals surface area contributed by atoms with Crippen LogP contribution in [-0.2, 0) is 15.8 Å². The maximum absolute atomic E-state index is 10.0. The molecule has 11 heavy (non-hydrogen) atoms. The van der Waals surface area contributed by atoms with Crippen LogP contribution in [0.15, 0.2) is 0 Å². The molecule has 0 heterocycles. The molecule has 0 radical (unpaired) electrons. The lowest BCUT2D eigenvalue weighted by molar-refractivity contribution is 0.165. The maximum atomic E-state index is 10.0. The molecule has 0 aromatic heterocycles. The zero-order chi connectivity index (χ0) is 8.53. The molecule has 0 aromatic carbocycles. The third-order valence-electron chi connectivity index (χ3n) is 0.970. The Morgan fingerprint density at radius 1 is 1.55 bits per heavy atom. The van der Waals surface area contributed by atoms with E-state index in [1.165, 1.54) is 0 Å². The standard InChI is InChI=1S/C6H14O3S2/c1-2-10-5-3-9-4-6-11(7)8/h2-6H2,1H3,(H,7,8)/p-1. The van der Waals surface area contributed by atoms with Gasteiger partial charge in [-0.1, -0.05) is 18.0 Å². The molecule has 0 bridgehead atoms. The van der Waals surface area contributed by atoms with E-state index in [0.717, 1.165) is 11.5 Å². The predicted octanol–water partition coefficient (Wildman–Crippen LogP) is 0.635. The van der Waals surface area contributed by atoms with E-state index in [-0.39, 0.29) is 5.75 Å². The van der Waals surface area contributed by atoms with Gasteiger partial charge in [-0.05, 0) is 5.75 Å². The maximum Gasteiger partial charge on any atom is 0.0570 e. The van der Waals surface area contributed by atoms with Crippen molar-refractivity contribution in [2.45, 2.75) is 6.92 Å². The summed E-state index contributed by atoms with van der Waals surface area (Å²) in [5.41, 5.74) is 0. The van der Waals surface area contributed by atoms with E-state index >= 15 is 0 Å². The van der Waals surface area contributed by atoms with Crippen molar-refractivity contribution in [2.24, 2.45) is 0 Å². The smallest absolute Gasteiger partial charge is 0.0570 e. The number of thioether (sulfide) groups is 1. The van der Waals surface area contributed by atoms with Gasteiger partial charge in [0, 0.05) is 11.5 Å². The topological polar surface area (TPSA) is 49.4 Å². The van der Waals surface area contributed by atoms with E-state index in [1.54, 1.807) is 11.8 Å². The van der Waals surface area contributed by atoms with Crippen LogP contribution in [-0.4, -0.2) is 39.2 Å². The molecule has 0 spiro atoms. The molecule has 0 aliphatic carbocycles. The Bertz CT molecular complexity index is 108. The van der Waals surface area contributed by atoms with Gasteiger partial charge in [-0.3, -0.25) is 4.21 Å². The molecule has 0 fully saturated rings. The van der Waals surface area contributed by atoms with Crippen LogP contribution in [0.2, 0.25) is 0 Å². The van der Waals surface area contributed by atoms with Gasteiger partial charge in [0.1, 0.15) is 0 Å². The van der Waals surface area contributed by atoms with Gasteiger partial charge >= 0.3 is 0 Å². The second-order valence-corrected chi connectivity index (χ2v) is 4.23. The van der Waals surface area contributed by atoms with E-state index < -0.39 is 11.1 Å². The SMILES string of the molecule is CCSCCOCCS(=O)[O-]. The van der Waals surface area contributed by atoms with Crippen molar-refractivity contribution in [3.63, 3.8) is 0 Å². The monoisotopic (exact) mass is 197 g/mol. The van der Waals surface area contributed by atoms with Crippen LogP contribution < -0.4 is 0 Å². The molecule has 0 saturated carbocycles. The van der Waals surface area contributed by atoms with Crippen LogP contribution in [0.3, 0.4) is 0 Å². The Kier molecular flexibility index (Phi) is 8.84. The Hall–Kier alpha value is 0.420. The Morgan fingerprint density at radius 3 is 2.82 bits per heavy atom. The second kappa shape index (κ2) is 8.52. The summed E-state index contributed by atoms with van der Waals surface area (Å²) in [6.45, 7) is 3.05. The minimum absolute atomic E-state index is 0.108.